The van der Waals surface area contributed by atoms with Gasteiger partial charge < -0.3 is 4.90 Å². The van der Waals surface area contributed by atoms with Crippen molar-refractivity contribution >= 4 is 23.0 Å². The Morgan fingerprint density at radius 1 is 0.944 bits per heavy atom. The van der Waals surface area contributed by atoms with E-state index in [1.165, 1.54) is 22.5 Å². The highest BCUT2D eigenvalue weighted by Crippen LogP contribution is 2.31. The molecule has 0 saturated heterocycles. The van der Waals surface area contributed by atoms with E-state index >= 15 is 0 Å². The third-order valence-corrected chi connectivity index (χ3v) is 3.44. The average molecular weight is 260 g/mol. The van der Waals surface area contributed by atoms with Crippen LogP contribution in [-0.4, -0.2) is 6.54 Å². The molecule has 0 bridgehead atoms. The molecule has 2 aromatic carbocycles. The monoisotopic (exact) mass is 259 g/mol. The number of alkyl halides is 1. The smallest absolute Gasteiger partial charge is 0.0494 e. The highest BCUT2D eigenvalue weighted by molar-refractivity contribution is 6.17. The fourth-order valence-corrected chi connectivity index (χ4v) is 2.45. The van der Waals surface area contributed by atoms with Crippen LogP contribution in [0.3, 0.4) is 0 Å². The molecule has 0 saturated carbocycles. The molecule has 0 aliphatic heterocycles. The standard InChI is InChI=1S/C16H18ClN/c1-3-18(15-10-6-4-8-13(15)2)16-11-7-5-9-14(16)12-17/h4-11H,3,12H2,1-2H3. The van der Waals surface area contributed by atoms with Crippen molar-refractivity contribution in [2.75, 3.05) is 11.4 Å². The molecule has 1 nitrogen and oxygen atoms in total. The molecule has 0 amide bonds. The number of benzene rings is 2. The van der Waals surface area contributed by atoms with Crippen molar-refractivity contribution in [3.63, 3.8) is 0 Å². The Morgan fingerprint density at radius 2 is 1.56 bits per heavy atom. The zero-order chi connectivity index (χ0) is 13.0. The van der Waals surface area contributed by atoms with Gasteiger partial charge in [-0.15, -0.1) is 11.6 Å². The van der Waals surface area contributed by atoms with E-state index in [1.807, 2.05) is 6.07 Å². The summed E-state index contributed by atoms with van der Waals surface area (Å²) in [7, 11) is 0. The van der Waals surface area contributed by atoms with Crippen molar-refractivity contribution in [2.45, 2.75) is 19.7 Å². The van der Waals surface area contributed by atoms with Crippen molar-refractivity contribution in [1.29, 1.82) is 0 Å². The highest BCUT2D eigenvalue weighted by atomic mass is 35.5. The van der Waals surface area contributed by atoms with E-state index in [0.717, 1.165) is 6.54 Å². The molecule has 2 aromatic rings. The quantitative estimate of drug-likeness (QED) is 0.707. The van der Waals surface area contributed by atoms with Crippen molar-refractivity contribution in [2.24, 2.45) is 0 Å². The van der Waals surface area contributed by atoms with Crippen molar-refractivity contribution in [3.8, 4) is 0 Å². The minimum Gasteiger partial charge on any atom is -0.341 e. The molecule has 0 aliphatic rings. The van der Waals surface area contributed by atoms with E-state index in [9.17, 15) is 0 Å². The van der Waals surface area contributed by atoms with Gasteiger partial charge in [-0.1, -0.05) is 36.4 Å². The van der Waals surface area contributed by atoms with Crippen molar-refractivity contribution in [1.82, 2.24) is 0 Å². The van der Waals surface area contributed by atoms with Crippen LogP contribution in [0.1, 0.15) is 18.1 Å². The molecule has 94 valence electrons. The Hall–Kier alpha value is -1.47. The van der Waals surface area contributed by atoms with Gasteiger partial charge in [0.25, 0.3) is 0 Å². The zero-order valence-corrected chi connectivity index (χ0v) is 11.6. The van der Waals surface area contributed by atoms with E-state index in [1.54, 1.807) is 0 Å². The molecule has 0 radical (unpaired) electrons. The van der Waals surface area contributed by atoms with E-state index in [0.29, 0.717) is 5.88 Å². The lowest BCUT2D eigenvalue weighted by Gasteiger charge is -2.27. The lowest BCUT2D eigenvalue weighted by molar-refractivity contribution is 1.01. The molecule has 0 aliphatic carbocycles. The lowest BCUT2D eigenvalue weighted by atomic mass is 10.1. The fourth-order valence-electron chi connectivity index (χ4n) is 2.22. The molecular formula is C16H18ClN. The van der Waals surface area contributed by atoms with Crippen LogP contribution >= 0.6 is 11.6 Å². The largest absolute Gasteiger partial charge is 0.341 e. The molecule has 2 rings (SSSR count). The number of halogens is 1. The molecule has 0 spiro atoms. The molecule has 0 atom stereocenters. The summed E-state index contributed by atoms with van der Waals surface area (Å²) < 4.78 is 0. The second-order valence-electron chi connectivity index (χ2n) is 4.29. The summed E-state index contributed by atoms with van der Waals surface area (Å²) in [5.74, 6) is 0.540. The average Bonchev–Trinajstić information content (AvgIpc) is 2.42. The highest BCUT2D eigenvalue weighted by Gasteiger charge is 2.12. The Labute approximate surface area is 114 Å². The third-order valence-electron chi connectivity index (χ3n) is 3.15. The van der Waals surface area contributed by atoms with Crippen LogP contribution in [0.25, 0.3) is 0 Å². The number of hydrogen-bond acceptors (Lipinski definition) is 1. The summed E-state index contributed by atoms with van der Waals surface area (Å²) in [6.07, 6.45) is 0. The maximum Gasteiger partial charge on any atom is 0.0494 e. The summed E-state index contributed by atoms with van der Waals surface area (Å²) in [5.41, 5.74) is 4.90. The summed E-state index contributed by atoms with van der Waals surface area (Å²) >= 11 is 6.03. The maximum atomic E-state index is 6.03. The van der Waals surface area contributed by atoms with Gasteiger partial charge in [0, 0.05) is 23.8 Å². The van der Waals surface area contributed by atoms with Crippen LogP contribution in [0.2, 0.25) is 0 Å². The molecule has 0 heterocycles. The minimum absolute atomic E-state index is 0.540. The van der Waals surface area contributed by atoms with Gasteiger partial charge in [-0.2, -0.15) is 0 Å². The Balaban J connectivity index is 2.49. The van der Waals surface area contributed by atoms with Crippen molar-refractivity contribution in [3.05, 3.63) is 59.7 Å². The number of anilines is 2. The zero-order valence-electron chi connectivity index (χ0n) is 10.9. The maximum absolute atomic E-state index is 6.03. The molecule has 18 heavy (non-hydrogen) atoms. The van der Waals surface area contributed by atoms with E-state index in [4.69, 9.17) is 11.6 Å². The first-order valence-corrected chi connectivity index (χ1v) is 6.78. The first kappa shape index (κ1) is 13.0. The molecule has 2 heteroatoms. The van der Waals surface area contributed by atoms with Gasteiger partial charge in [-0.25, -0.2) is 0 Å². The number of para-hydroxylation sites is 2. The van der Waals surface area contributed by atoms with Gasteiger partial charge in [-0.05, 0) is 37.1 Å². The normalized spacial score (nSPS) is 10.4. The predicted octanol–water partition coefficient (Wildman–Crippen LogP) is 4.89. The Morgan fingerprint density at radius 3 is 2.17 bits per heavy atom. The number of rotatable bonds is 4. The van der Waals surface area contributed by atoms with E-state index in [-0.39, 0.29) is 0 Å². The second kappa shape index (κ2) is 5.92. The molecule has 0 fully saturated rings. The molecule has 0 unspecified atom stereocenters. The summed E-state index contributed by atoms with van der Waals surface area (Å²) in [6, 6.07) is 16.8. The van der Waals surface area contributed by atoms with Crippen LogP contribution in [0, 0.1) is 6.92 Å². The molecule has 0 N–H and O–H groups in total. The predicted molar refractivity (Wildman–Crippen MR) is 79.9 cm³/mol. The third kappa shape index (κ3) is 2.51. The Kier molecular flexibility index (Phi) is 4.27. The lowest BCUT2D eigenvalue weighted by Crippen LogP contribution is -2.18. The van der Waals surface area contributed by atoms with Gasteiger partial charge >= 0.3 is 0 Å². The summed E-state index contributed by atoms with van der Waals surface area (Å²) in [6.45, 7) is 5.23. The van der Waals surface area contributed by atoms with E-state index in [2.05, 4.69) is 61.2 Å². The van der Waals surface area contributed by atoms with Crippen LogP contribution in [0.5, 0.6) is 0 Å². The number of nitrogens with zero attached hydrogens (tertiary/aromatic N) is 1. The number of aryl methyl sites for hydroxylation is 1. The van der Waals surface area contributed by atoms with Crippen LogP contribution in [0.15, 0.2) is 48.5 Å². The van der Waals surface area contributed by atoms with Crippen LogP contribution in [0.4, 0.5) is 11.4 Å². The van der Waals surface area contributed by atoms with Crippen LogP contribution in [-0.2, 0) is 5.88 Å². The summed E-state index contributed by atoms with van der Waals surface area (Å²) in [5, 5.41) is 0. The van der Waals surface area contributed by atoms with Crippen molar-refractivity contribution < 1.29 is 0 Å². The van der Waals surface area contributed by atoms with Gasteiger partial charge in [0.15, 0.2) is 0 Å². The van der Waals surface area contributed by atoms with Gasteiger partial charge in [0.1, 0.15) is 0 Å². The van der Waals surface area contributed by atoms with Gasteiger partial charge in [0.05, 0.1) is 0 Å². The second-order valence-corrected chi connectivity index (χ2v) is 4.56. The first-order chi connectivity index (χ1) is 8.77. The number of hydrogen-bond donors (Lipinski definition) is 0. The topological polar surface area (TPSA) is 3.24 Å². The van der Waals surface area contributed by atoms with Gasteiger partial charge in [0.2, 0.25) is 0 Å². The van der Waals surface area contributed by atoms with Crippen LogP contribution < -0.4 is 4.90 Å². The molecule has 0 aromatic heterocycles. The molecular weight excluding hydrogens is 242 g/mol. The first-order valence-electron chi connectivity index (χ1n) is 6.25. The minimum atomic E-state index is 0.540. The fraction of sp³-hybridized carbons (Fsp3) is 0.250. The van der Waals surface area contributed by atoms with Gasteiger partial charge in [-0.3, -0.25) is 0 Å². The summed E-state index contributed by atoms with van der Waals surface area (Å²) in [4.78, 5) is 2.31. The Bertz CT molecular complexity index is 522. The van der Waals surface area contributed by atoms with E-state index < -0.39 is 0 Å². The SMILES string of the molecule is CCN(c1ccccc1C)c1ccccc1CCl.